The summed E-state index contributed by atoms with van der Waals surface area (Å²) in [6, 6.07) is 5.89. The SMILES string of the molecule is CNc1nc(-c2c(F)cccc2Cl)c(Cl)cc1Cl. The van der Waals surface area contributed by atoms with Crippen LogP contribution in [-0.4, -0.2) is 12.0 Å². The van der Waals surface area contributed by atoms with E-state index in [1.54, 1.807) is 13.1 Å². The number of anilines is 1. The smallest absolute Gasteiger partial charge is 0.145 e. The van der Waals surface area contributed by atoms with E-state index < -0.39 is 5.82 Å². The third kappa shape index (κ3) is 2.39. The van der Waals surface area contributed by atoms with Crippen LogP contribution in [0, 0.1) is 5.82 Å². The average Bonchev–Trinajstić information content (AvgIpc) is 2.31. The number of hydrogen-bond donors (Lipinski definition) is 1. The zero-order valence-electron chi connectivity index (χ0n) is 9.27. The molecule has 2 nitrogen and oxygen atoms in total. The van der Waals surface area contributed by atoms with Crippen LogP contribution in [0.25, 0.3) is 11.3 Å². The second kappa shape index (κ2) is 5.31. The van der Waals surface area contributed by atoms with E-state index in [-0.39, 0.29) is 21.3 Å². The number of hydrogen-bond acceptors (Lipinski definition) is 2. The molecule has 0 fully saturated rings. The van der Waals surface area contributed by atoms with Gasteiger partial charge in [-0.05, 0) is 18.2 Å². The zero-order valence-corrected chi connectivity index (χ0v) is 11.5. The fourth-order valence-electron chi connectivity index (χ4n) is 1.54. The maximum atomic E-state index is 13.8. The number of halogens is 4. The molecule has 0 bridgehead atoms. The normalized spacial score (nSPS) is 10.5. The second-order valence-corrected chi connectivity index (χ2v) is 4.72. The van der Waals surface area contributed by atoms with Gasteiger partial charge in [-0.2, -0.15) is 0 Å². The number of benzene rings is 1. The standard InChI is InChI=1S/C12H8Cl3FN2/c1-17-12-8(15)5-7(14)11(18-12)10-6(13)3-2-4-9(10)16/h2-5H,1H3,(H,17,18). The molecular formula is C12H8Cl3FN2. The minimum absolute atomic E-state index is 0.164. The lowest BCUT2D eigenvalue weighted by Crippen LogP contribution is -1.97. The maximum absolute atomic E-state index is 13.8. The molecule has 2 rings (SSSR count). The van der Waals surface area contributed by atoms with Crippen molar-refractivity contribution in [2.24, 2.45) is 0 Å². The van der Waals surface area contributed by atoms with Crippen molar-refractivity contribution >= 4 is 40.6 Å². The van der Waals surface area contributed by atoms with Crippen LogP contribution in [0.1, 0.15) is 0 Å². The van der Waals surface area contributed by atoms with E-state index in [1.807, 2.05) is 0 Å². The number of nitrogens with zero attached hydrogens (tertiary/aromatic N) is 1. The summed E-state index contributed by atoms with van der Waals surface area (Å²) in [5.41, 5.74) is 0.422. The van der Waals surface area contributed by atoms with E-state index in [1.165, 1.54) is 18.2 Å². The van der Waals surface area contributed by atoms with Crippen LogP contribution in [0.15, 0.2) is 24.3 Å². The summed E-state index contributed by atoms with van der Waals surface area (Å²) in [5, 5.41) is 3.65. The molecule has 0 saturated carbocycles. The lowest BCUT2D eigenvalue weighted by molar-refractivity contribution is 0.631. The first-order valence-electron chi connectivity index (χ1n) is 5.02. The molecule has 0 amide bonds. The minimum atomic E-state index is -0.485. The van der Waals surface area contributed by atoms with Crippen molar-refractivity contribution in [1.29, 1.82) is 0 Å². The number of nitrogens with one attached hydrogen (secondary N) is 1. The van der Waals surface area contributed by atoms with Crippen molar-refractivity contribution in [2.45, 2.75) is 0 Å². The van der Waals surface area contributed by atoms with E-state index in [0.29, 0.717) is 10.8 Å². The van der Waals surface area contributed by atoms with Crippen molar-refractivity contribution in [3.63, 3.8) is 0 Å². The molecule has 0 spiro atoms. The molecule has 0 aliphatic heterocycles. The topological polar surface area (TPSA) is 24.9 Å². The van der Waals surface area contributed by atoms with Crippen LogP contribution in [0.2, 0.25) is 15.1 Å². The molecule has 0 radical (unpaired) electrons. The van der Waals surface area contributed by atoms with Gasteiger partial charge in [-0.1, -0.05) is 40.9 Å². The van der Waals surface area contributed by atoms with Crippen molar-refractivity contribution in [2.75, 3.05) is 12.4 Å². The predicted molar refractivity (Wildman–Crippen MR) is 74.2 cm³/mol. The molecule has 0 aliphatic rings. The molecule has 1 aromatic carbocycles. The highest BCUT2D eigenvalue weighted by atomic mass is 35.5. The monoisotopic (exact) mass is 304 g/mol. The van der Waals surface area contributed by atoms with Gasteiger partial charge < -0.3 is 5.32 Å². The Morgan fingerprint density at radius 1 is 1.11 bits per heavy atom. The van der Waals surface area contributed by atoms with Crippen molar-refractivity contribution in [3.05, 3.63) is 45.2 Å². The lowest BCUT2D eigenvalue weighted by Gasteiger charge is -2.10. The minimum Gasteiger partial charge on any atom is -0.372 e. The third-order valence-corrected chi connectivity index (χ3v) is 3.26. The van der Waals surface area contributed by atoms with Crippen LogP contribution in [0.5, 0.6) is 0 Å². The quantitative estimate of drug-likeness (QED) is 0.854. The Morgan fingerprint density at radius 3 is 2.44 bits per heavy atom. The lowest BCUT2D eigenvalue weighted by atomic mass is 10.1. The van der Waals surface area contributed by atoms with Gasteiger partial charge in [0.15, 0.2) is 0 Å². The van der Waals surface area contributed by atoms with Crippen molar-refractivity contribution in [1.82, 2.24) is 4.98 Å². The highest BCUT2D eigenvalue weighted by Gasteiger charge is 2.16. The van der Waals surface area contributed by atoms with Crippen LogP contribution < -0.4 is 5.32 Å². The van der Waals surface area contributed by atoms with Gasteiger partial charge in [0.05, 0.1) is 26.3 Å². The summed E-state index contributed by atoms with van der Waals surface area (Å²) in [6.45, 7) is 0. The maximum Gasteiger partial charge on any atom is 0.145 e. The summed E-state index contributed by atoms with van der Waals surface area (Å²) in [7, 11) is 1.66. The van der Waals surface area contributed by atoms with Crippen LogP contribution >= 0.6 is 34.8 Å². The highest BCUT2D eigenvalue weighted by Crippen LogP contribution is 2.37. The zero-order chi connectivity index (χ0) is 13.3. The van der Waals surface area contributed by atoms with Crippen LogP contribution in [0.3, 0.4) is 0 Å². The molecule has 0 atom stereocenters. The molecule has 94 valence electrons. The molecule has 0 unspecified atom stereocenters. The fraction of sp³-hybridized carbons (Fsp3) is 0.0833. The van der Waals surface area contributed by atoms with Gasteiger partial charge >= 0.3 is 0 Å². The molecule has 1 N–H and O–H groups in total. The Labute approximate surface area is 119 Å². The molecular weight excluding hydrogens is 298 g/mol. The summed E-state index contributed by atoms with van der Waals surface area (Å²) in [6.07, 6.45) is 0. The Morgan fingerprint density at radius 2 is 1.83 bits per heavy atom. The number of rotatable bonds is 2. The first kappa shape index (κ1) is 13.4. The molecule has 1 aromatic heterocycles. The van der Waals surface area contributed by atoms with Gasteiger partial charge in [-0.15, -0.1) is 0 Å². The summed E-state index contributed by atoms with van der Waals surface area (Å²) in [5.74, 6) is -0.0725. The van der Waals surface area contributed by atoms with Crippen molar-refractivity contribution in [3.8, 4) is 11.3 Å². The summed E-state index contributed by atoms with van der Waals surface area (Å²) >= 11 is 17.9. The average molecular weight is 306 g/mol. The summed E-state index contributed by atoms with van der Waals surface area (Å²) < 4.78 is 13.8. The Balaban J connectivity index is 2.71. The van der Waals surface area contributed by atoms with E-state index in [4.69, 9.17) is 34.8 Å². The van der Waals surface area contributed by atoms with Gasteiger partial charge in [0.1, 0.15) is 11.6 Å². The second-order valence-electron chi connectivity index (χ2n) is 3.50. The predicted octanol–water partition coefficient (Wildman–Crippen LogP) is 4.89. The Kier molecular flexibility index (Phi) is 3.95. The largest absolute Gasteiger partial charge is 0.372 e. The van der Waals surface area contributed by atoms with E-state index >= 15 is 0 Å². The van der Waals surface area contributed by atoms with Gasteiger partial charge in [0.25, 0.3) is 0 Å². The third-order valence-electron chi connectivity index (χ3n) is 2.37. The molecule has 2 aromatic rings. The van der Waals surface area contributed by atoms with Crippen LogP contribution in [0.4, 0.5) is 10.2 Å². The molecule has 0 aliphatic carbocycles. The molecule has 1 heterocycles. The van der Waals surface area contributed by atoms with Gasteiger partial charge in [0, 0.05) is 7.05 Å². The molecule has 0 saturated heterocycles. The van der Waals surface area contributed by atoms with Gasteiger partial charge in [-0.3, -0.25) is 0 Å². The Bertz CT molecular complexity index is 582. The molecule has 6 heteroatoms. The van der Waals surface area contributed by atoms with E-state index in [0.717, 1.165) is 0 Å². The highest BCUT2D eigenvalue weighted by molar-refractivity contribution is 6.38. The number of aromatic nitrogens is 1. The molecule has 18 heavy (non-hydrogen) atoms. The summed E-state index contributed by atoms with van der Waals surface area (Å²) in [4.78, 5) is 4.18. The number of pyridine rings is 1. The van der Waals surface area contributed by atoms with Gasteiger partial charge in [0.2, 0.25) is 0 Å². The van der Waals surface area contributed by atoms with Gasteiger partial charge in [-0.25, -0.2) is 9.37 Å². The van der Waals surface area contributed by atoms with E-state index in [9.17, 15) is 4.39 Å². The van der Waals surface area contributed by atoms with Crippen LogP contribution in [-0.2, 0) is 0 Å². The first-order chi connectivity index (χ1) is 8.54. The first-order valence-corrected chi connectivity index (χ1v) is 6.16. The van der Waals surface area contributed by atoms with E-state index in [2.05, 4.69) is 10.3 Å². The fourth-order valence-corrected chi connectivity index (χ4v) is 2.34. The van der Waals surface area contributed by atoms with Crippen molar-refractivity contribution < 1.29 is 4.39 Å². The Hall–Kier alpha value is -1.03.